The third-order valence-electron chi connectivity index (χ3n) is 5.03. The topological polar surface area (TPSA) is 70.8 Å². The van der Waals surface area contributed by atoms with Gasteiger partial charge in [0.2, 0.25) is 5.91 Å². The molecule has 1 saturated carbocycles. The van der Waals surface area contributed by atoms with E-state index >= 15 is 0 Å². The summed E-state index contributed by atoms with van der Waals surface area (Å²) in [6.45, 7) is 1.80. The molecule has 1 aliphatic rings. The molecule has 0 radical (unpaired) electrons. The zero-order valence-corrected chi connectivity index (χ0v) is 16.0. The normalized spacial score (nSPS) is 15.4. The highest BCUT2D eigenvalue weighted by atomic mass is 35.5. The zero-order chi connectivity index (χ0) is 19.1. The smallest absolute Gasteiger partial charge is 0.339 e. The maximum absolute atomic E-state index is 13.2. The van der Waals surface area contributed by atoms with E-state index in [1.165, 1.54) is 6.07 Å². The Bertz CT molecular complexity index is 870. The molecule has 0 aliphatic heterocycles. The first-order valence-electron chi connectivity index (χ1n) is 8.28. The fourth-order valence-corrected chi connectivity index (χ4v) is 3.75. The molecule has 0 unspecified atom stereocenters. The molecule has 0 bridgehead atoms. The predicted molar refractivity (Wildman–Crippen MR) is 98.9 cm³/mol. The van der Waals surface area contributed by atoms with Crippen LogP contribution in [0, 0.1) is 6.92 Å². The van der Waals surface area contributed by atoms with Crippen molar-refractivity contribution < 1.29 is 19.1 Å². The predicted octanol–water partition coefficient (Wildman–Crippen LogP) is 4.67. The van der Waals surface area contributed by atoms with Crippen LogP contribution in [0.25, 0.3) is 0 Å². The number of likely N-dealkylation sites (N-methyl/N-ethyl adjacent to an activating group) is 1. The molecule has 3 rings (SSSR count). The highest BCUT2D eigenvalue weighted by molar-refractivity contribution is 6.42. The van der Waals surface area contributed by atoms with E-state index in [0.29, 0.717) is 21.6 Å². The standard InChI is InChI=1S/C19H19Cl2NO4/c1-11-14(17(23)24)9-13(26-11)10-22(2)18(25)19(6-3-7-19)12-4-5-15(20)16(21)8-12/h4-5,8-9H,3,6-7,10H2,1-2H3,(H,23,24). The molecule has 1 aromatic carbocycles. The Morgan fingerprint density at radius 2 is 1.92 bits per heavy atom. The first-order chi connectivity index (χ1) is 12.2. The van der Waals surface area contributed by atoms with Gasteiger partial charge in [-0.05, 0) is 43.5 Å². The second-order valence-corrected chi connectivity index (χ2v) is 7.53. The van der Waals surface area contributed by atoms with Crippen LogP contribution in [0.2, 0.25) is 10.0 Å². The fourth-order valence-electron chi connectivity index (χ4n) is 3.45. The number of nitrogens with zero attached hydrogens (tertiary/aromatic N) is 1. The van der Waals surface area contributed by atoms with Gasteiger partial charge in [0.25, 0.3) is 0 Å². The van der Waals surface area contributed by atoms with Gasteiger partial charge in [-0.25, -0.2) is 4.79 Å². The maximum atomic E-state index is 13.2. The largest absolute Gasteiger partial charge is 0.478 e. The third-order valence-corrected chi connectivity index (χ3v) is 5.77. The molecule has 0 atom stereocenters. The van der Waals surface area contributed by atoms with Gasteiger partial charge in [0, 0.05) is 7.05 Å². The van der Waals surface area contributed by atoms with Crippen molar-refractivity contribution in [3.05, 3.63) is 57.0 Å². The minimum Gasteiger partial charge on any atom is -0.478 e. The number of hydrogen-bond donors (Lipinski definition) is 1. The zero-order valence-electron chi connectivity index (χ0n) is 14.5. The number of aromatic carboxylic acids is 1. The molecule has 5 nitrogen and oxygen atoms in total. The molecule has 0 saturated heterocycles. The van der Waals surface area contributed by atoms with Gasteiger partial charge < -0.3 is 14.4 Å². The molecule has 1 fully saturated rings. The van der Waals surface area contributed by atoms with E-state index in [1.807, 2.05) is 6.07 Å². The van der Waals surface area contributed by atoms with Crippen LogP contribution in [0.3, 0.4) is 0 Å². The van der Waals surface area contributed by atoms with Crippen LogP contribution in [0.4, 0.5) is 0 Å². The Balaban J connectivity index is 1.83. The van der Waals surface area contributed by atoms with Gasteiger partial charge in [-0.3, -0.25) is 4.79 Å². The molecule has 1 heterocycles. The lowest BCUT2D eigenvalue weighted by molar-refractivity contribution is -0.140. The highest BCUT2D eigenvalue weighted by Gasteiger charge is 2.47. The van der Waals surface area contributed by atoms with Gasteiger partial charge >= 0.3 is 5.97 Å². The number of halogens is 2. The highest BCUT2D eigenvalue weighted by Crippen LogP contribution is 2.46. The summed E-state index contributed by atoms with van der Waals surface area (Å²) in [5.41, 5.74) is 0.362. The van der Waals surface area contributed by atoms with E-state index in [9.17, 15) is 9.59 Å². The van der Waals surface area contributed by atoms with E-state index in [2.05, 4.69) is 0 Å². The lowest BCUT2D eigenvalue weighted by Crippen LogP contribution is -2.49. The fraction of sp³-hybridized carbons (Fsp3) is 0.368. The molecule has 2 aromatic rings. The van der Waals surface area contributed by atoms with Crippen molar-refractivity contribution in [3.8, 4) is 0 Å². The summed E-state index contributed by atoms with van der Waals surface area (Å²) in [4.78, 5) is 25.9. The van der Waals surface area contributed by atoms with Crippen LogP contribution in [-0.4, -0.2) is 28.9 Å². The molecule has 1 aliphatic carbocycles. The summed E-state index contributed by atoms with van der Waals surface area (Å²) in [7, 11) is 1.69. The number of aryl methyl sites for hydroxylation is 1. The second kappa shape index (κ2) is 6.97. The number of rotatable bonds is 5. The van der Waals surface area contributed by atoms with Crippen LogP contribution >= 0.6 is 23.2 Å². The minimum absolute atomic E-state index is 0.0342. The number of benzene rings is 1. The number of furan rings is 1. The monoisotopic (exact) mass is 395 g/mol. The third kappa shape index (κ3) is 3.21. The van der Waals surface area contributed by atoms with Crippen molar-refractivity contribution in [2.75, 3.05) is 7.05 Å². The Morgan fingerprint density at radius 3 is 2.42 bits per heavy atom. The van der Waals surface area contributed by atoms with Crippen molar-refractivity contribution >= 4 is 35.1 Å². The number of carbonyl (C=O) groups excluding carboxylic acids is 1. The molecule has 26 heavy (non-hydrogen) atoms. The van der Waals surface area contributed by atoms with Crippen molar-refractivity contribution in [3.63, 3.8) is 0 Å². The van der Waals surface area contributed by atoms with Crippen molar-refractivity contribution in [2.24, 2.45) is 0 Å². The van der Waals surface area contributed by atoms with Gasteiger partial charge in [0.15, 0.2) is 0 Å². The van der Waals surface area contributed by atoms with E-state index in [1.54, 1.807) is 31.0 Å². The Morgan fingerprint density at radius 1 is 1.23 bits per heavy atom. The van der Waals surface area contributed by atoms with E-state index in [-0.39, 0.29) is 18.0 Å². The number of carbonyl (C=O) groups is 2. The van der Waals surface area contributed by atoms with Crippen LogP contribution < -0.4 is 0 Å². The molecule has 0 spiro atoms. The second-order valence-electron chi connectivity index (χ2n) is 6.71. The molecule has 7 heteroatoms. The lowest BCUT2D eigenvalue weighted by Gasteiger charge is -2.43. The van der Waals surface area contributed by atoms with E-state index in [4.69, 9.17) is 32.7 Å². The summed E-state index contributed by atoms with van der Waals surface area (Å²) < 4.78 is 5.49. The number of hydrogen-bond acceptors (Lipinski definition) is 3. The van der Waals surface area contributed by atoms with E-state index < -0.39 is 11.4 Å². The Hall–Kier alpha value is -1.98. The summed E-state index contributed by atoms with van der Waals surface area (Å²) >= 11 is 12.1. The van der Waals surface area contributed by atoms with Crippen molar-refractivity contribution in [1.82, 2.24) is 4.90 Å². The van der Waals surface area contributed by atoms with Gasteiger partial charge in [-0.15, -0.1) is 0 Å². The molecular weight excluding hydrogens is 377 g/mol. The molecule has 1 aromatic heterocycles. The maximum Gasteiger partial charge on any atom is 0.339 e. The van der Waals surface area contributed by atoms with Crippen LogP contribution in [-0.2, 0) is 16.8 Å². The number of carboxylic acids is 1. The van der Waals surface area contributed by atoms with Crippen molar-refractivity contribution in [2.45, 2.75) is 38.1 Å². The average Bonchev–Trinajstić information content (AvgIpc) is 2.90. The van der Waals surface area contributed by atoms with Crippen LogP contribution in [0.15, 0.2) is 28.7 Å². The first-order valence-corrected chi connectivity index (χ1v) is 9.04. The summed E-state index contributed by atoms with van der Waals surface area (Å²) in [5, 5.41) is 10.0. The van der Waals surface area contributed by atoms with Gasteiger partial charge in [-0.2, -0.15) is 0 Å². The molecule has 1 amide bonds. The minimum atomic E-state index is -1.04. The summed E-state index contributed by atoms with van der Waals surface area (Å²) in [6.07, 6.45) is 2.44. The quantitative estimate of drug-likeness (QED) is 0.797. The summed E-state index contributed by atoms with van der Waals surface area (Å²) in [5.74, 6) is -0.304. The Kier molecular flexibility index (Phi) is 5.04. The summed E-state index contributed by atoms with van der Waals surface area (Å²) in [6, 6.07) is 6.78. The van der Waals surface area contributed by atoms with Gasteiger partial charge in [0.05, 0.1) is 22.0 Å². The molecule has 1 N–H and O–H groups in total. The lowest BCUT2D eigenvalue weighted by atomic mass is 9.63. The van der Waals surface area contributed by atoms with E-state index in [0.717, 1.165) is 24.8 Å². The SMILES string of the molecule is Cc1oc(CN(C)C(=O)C2(c3ccc(Cl)c(Cl)c3)CCC2)cc1C(=O)O. The first kappa shape index (κ1) is 18.8. The number of carboxylic acid groups (broad SMARTS) is 1. The van der Waals surface area contributed by atoms with Gasteiger partial charge in [0.1, 0.15) is 17.1 Å². The average molecular weight is 396 g/mol. The number of amides is 1. The van der Waals surface area contributed by atoms with Crippen LogP contribution in [0.5, 0.6) is 0 Å². The molecule has 138 valence electrons. The Labute approximate surface area is 161 Å². The van der Waals surface area contributed by atoms with Crippen LogP contribution in [0.1, 0.15) is 46.7 Å². The van der Waals surface area contributed by atoms with Crippen molar-refractivity contribution in [1.29, 1.82) is 0 Å². The molecular formula is C19H19Cl2NO4. The van der Waals surface area contributed by atoms with Gasteiger partial charge in [-0.1, -0.05) is 35.7 Å².